The molecule has 5 rings (SSSR count). The highest BCUT2D eigenvalue weighted by Crippen LogP contribution is 2.40. The molecule has 1 fully saturated rings. The van der Waals surface area contributed by atoms with Gasteiger partial charge in [0.2, 0.25) is 15.9 Å². The molecule has 1 saturated carbocycles. The van der Waals surface area contributed by atoms with Crippen molar-refractivity contribution in [3.63, 3.8) is 0 Å². The quantitative estimate of drug-likeness (QED) is 0.158. The van der Waals surface area contributed by atoms with Gasteiger partial charge in [-0.2, -0.15) is 0 Å². The minimum Gasteiger partial charge on any atom is -0.314 e. The highest BCUT2D eigenvalue weighted by molar-refractivity contribution is 7.89. The number of amidine groups is 1. The number of halogens is 2. The molecule has 2 aromatic rings. The molecule has 1 aliphatic heterocycles. The zero-order valence-corrected chi connectivity index (χ0v) is 33.3. The molecule has 0 bridgehead atoms. The van der Waals surface area contributed by atoms with Crippen molar-refractivity contribution in [1.82, 2.24) is 10.0 Å². The zero-order valence-electron chi connectivity index (χ0n) is 32.5. The first-order chi connectivity index (χ1) is 24.9. The lowest BCUT2D eigenvalue weighted by Gasteiger charge is -2.28. The first-order valence-electron chi connectivity index (χ1n) is 19.0. The maximum Gasteiger partial charge on any atom is 0.289 e. The van der Waals surface area contributed by atoms with Crippen LogP contribution in [0, 0.1) is 33.6 Å². The number of amides is 1. The molecular formula is C40H62F2N4O5S. The van der Waals surface area contributed by atoms with Crippen molar-refractivity contribution in [1.29, 1.82) is 0 Å². The lowest BCUT2D eigenvalue weighted by Crippen LogP contribution is -2.38. The van der Waals surface area contributed by atoms with Crippen LogP contribution in [0.5, 0.6) is 0 Å². The molecule has 1 heterocycles. The Bertz CT molecular complexity index is 1550. The fourth-order valence-corrected chi connectivity index (χ4v) is 7.48. The Morgan fingerprint density at radius 3 is 2.08 bits per heavy atom. The molecule has 2 aliphatic carbocycles. The van der Waals surface area contributed by atoms with Crippen LogP contribution >= 0.6 is 0 Å². The second-order valence-electron chi connectivity index (χ2n) is 13.0. The maximum atomic E-state index is 13.9. The van der Waals surface area contributed by atoms with E-state index in [9.17, 15) is 32.1 Å². The van der Waals surface area contributed by atoms with Gasteiger partial charge in [-0.05, 0) is 87.6 Å². The van der Waals surface area contributed by atoms with E-state index in [4.69, 9.17) is 0 Å². The summed E-state index contributed by atoms with van der Waals surface area (Å²) in [6, 6.07) is 7.66. The number of unbranched alkanes of at least 4 members (excludes halogenated alkanes) is 2. The van der Waals surface area contributed by atoms with Gasteiger partial charge in [0.1, 0.15) is 5.84 Å². The smallest absolute Gasteiger partial charge is 0.289 e. The van der Waals surface area contributed by atoms with Crippen LogP contribution in [0.3, 0.4) is 0 Å². The van der Waals surface area contributed by atoms with E-state index in [1.54, 1.807) is 0 Å². The van der Waals surface area contributed by atoms with Gasteiger partial charge in [0.15, 0.2) is 16.5 Å². The van der Waals surface area contributed by atoms with Gasteiger partial charge in [-0.25, -0.2) is 21.9 Å². The Labute approximate surface area is 311 Å². The van der Waals surface area contributed by atoms with Crippen LogP contribution < -0.4 is 10.0 Å². The third-order valence-corrected chi connectivity index (χ3v) is 10.4. The Morgan fingerprint density at radius 1 is 0.962 bits per heavy atom. The largest absolute Gasteiger partial charge is 0.314 e. The number of benzene rings is 2. The van der Waals surface area contributed by atoms with Crippen molar-refractivity contribution in [2.45, 2.75) is 143 Å². The number of nitro groups is 1. The van der Waals surface area contributed by atoms with Crippen LogP contribution in [0.25, 0.3) is 0 Å². The Morgan fingerprint density at radius 2 is 1.54 bits per heavy atom. The third kappa shape index (κ3) is 14.5. The van der Waals surface area contributed by atoms with Crippen molar-refractivity contribution >= 4 is 27.5 Å². The summed E-state index contributed by atoms with van der Waals surface area (Å²) in [6.07, 6.45) is 13.6. The van der Waals surface area contributed by atoms with Crippen LogP contribution in [0.4, 0.5) is 14.5 Å². The average molecular weight is 749 g/mol. The summed E-state index contributed by atoms with van der Waals surface area (Å²) in [4.78, 5) is 27.7. The SMILES string of the molecule is C/C=C\C.CC.CCC.CCCCC.O=C(NC1=NC2CCc3cc(F)c(F)cc3C2C1)C1CCC(CNS(=O)(=O)c2ccccc2[N+](=O)[O-])CC1. The monoisotopic (exact) mass is 748 g/mol. The van der Waals surface area contributed by atoms with Gasteiger partial charge in [-0.1, -0.05) is 91.5 Å². The zero-order chi connectivity index (χ0) is 39.3. The number of aliphatic imine (C=N–C) groups is 1. The normalized spacial score (nSPS) is 20.1. The molecule has 0 spiro atoms. The second kappa shape index (κ2) is 24.7. The van der Waals surface area contributed by atoms with E-state index in [2.05, 4.69) is 42.7 Å². The molecule has 52 heavy (non-hydrogen) atoms. The summed E-state index contributed by atoms with van der Waals surface area (Å²) in [5.41, 5.74) is 1.08. The lowest BCUT2D eigenvalue weighted by molar-refractivity contribution is -0.387. The minimum absolute atomic E-state index is 0.00933. The molecule has 292 valence electrons. The molecule has 0 aromatic heterocycles. The van der Waals surface area contributed by atoms with Gasteiger partial charge in [-0.15, -0.1) is 0 Å². The Kier molecular flexibility index (Phi) is 22.1. The van der Waals surface area contributed by atoms with Gasteiger partial charge in [0, 0.05) is 30.9 Å². The molecule has 0 saturated heterocycles. The van der Waals surface area contributed by atoms with Crippen molar-refractivity contribution in [2.24, 2.45) is 16.8 Å². The van der Waals surface area contributed by atoms with E-state index >= 15 is 0 Å². The summed E-state index contributed by atoms with van der Waals surface area (Å²) in [5, 5.41) is 14.1. The number of fused-ring (bicyclic) bond motifs is 3. The molecule has 12 heteroatoms. The predicted octanol–water partition coefficient (Wildman–Crippen LogP) is 10.2. The van der Waals surface area contributed by atoms with E-state index in [1.165, 1.54) is 56.0 Å². The first kappa shape index (κ1) is 46.5. The van der Waals surface area contributed by atoms with Gasteiger partial charge in [0.25, 0.3) is 5.69 Å². The molecule has 2 atom stereocenters. The first-order valence-corrected chi connectivity index (χ1v) is 20.5. The van der Waals surface area contributed by atoms with Crippen LogP contribution in [-0.4, -0.2) is 37.7 Å². The van der Waals surface area contributed by atoms with E-state index < -0.39 is 32.3 Å². The van der Waals surface area contributed by atoms with Crippen molar-refractivity contribution in [3.8, 4) is 0 Å². The van der Waals surface area contributed by atoms with Crippen molar-refractivity contribution in [3.05, 3.63) is 81.4 Å². The van der Waals surface area contributed by atoms with Gasteiger partial charge < -0.3 is 5.32 Å². The molecule has 0 radical (unpaired) electrons. The molecular weight excluding hydrogens is 687 g/mol. The number of hydrogen-bond donors (Lipinski definition) is 2. The summed E-state index contributed by atoms with van der Waals surface area (Å²) in [5.74, 6) is -1.58. The van der Waals surface area contributed by atoms with Crippen LogP contribution in [0.2, 0.25) is 0 Å². The fourth-order valence-electron chi connectivity index (χ4n) is 6.19. The van der Waals surface area contributed by atoms with Crippen LogP contribution in [0.1, 0.15) is 137 Å². The van der Waals surface area contributed by atoms with Gasteiger partial charge in [0.05, 0.1) is 11.0 Å². The van der Waals surface area contributed by atoms with Crippen LogP contribution in [-0.2, 0) is 21.2 Å². The number of nitrogens with zero attached hydrogens (tertiary/aromatic N) is 2. The molecule has 3 aliphatic rings. The molecule has 2 unspecified atom stereocenters. The van der Waals surface area contributed by atoms with Gasteiger partial charge in [-0.3, -0.25) is 19.9 Å². The van der Waals surface area contributed by atoms with E-state index in [0.717, 1.165) is 23.6 Å². The molecule has 2 aromatic carbocycles. The Balaban J connectivity index is 0.000000834. The topological polar surface area (TPSA) is 131 Å². The van der Waals surface area contributed by atoms with E-state index in [1.807, 2.05) is 39.8 Å². The number of allylic oxidation sites excluding steroid dienone is 2. The maximum absolute atomic E-state index is 13.9. The second-order valence-corrected chi connectivity index (χ2v) is 14.7. The number of para-hydroxylation sites is 1. The number of rotatable bonds is 8. The number of nitro benzene ring substituents is 1. The highest BCUT2D eigenvalue weighted by atomic mass is 32.2. The van der Waals surface area contributed by atoms with Gasteiger partial charge >= 0.3 is 0 Å². The summed E-state index contributed by atoms with van der Waals surface area (Å²) in [7, 11) is -4.05. The van der Waals surface area contributed by atoms with E-state index in [-0.39, 0.29) is 41.1 Å². The fraction of sp³-hybridized carbons (Fsp3) is 0.600. The highest BCUT2D eigenvalue weighted by Gasteiger charge is 2.37. The number of aryl methyl sites for hydroxylation is 1. The van der Waals surface area contributed by atoms with E-state index in [0.29, 0.717) is 44.4 Å². The number of nitrogens with one attached hydrogen (secondary N) is 2. The minimum atomic E-state index is -4.05. The number of carbonyl (C=O) groups excluding carboxylic acids is 1. The number of carbonyl (C=O) groups is 1. The standard InChI is InChI=1S/C26H28F2N4O5S.C5H12.C4H8.C3H8.C2H6/c27-20-11-17-9-10-22-19(18(17)12-21(20)28)13-25(30-22)31-26(33)16-7-5-15(6-8-16)14-29-38(36,37)24-4-2-1-3-23(24)32(34)35;1-3-5-4-2;1-3-4-2;1-3-2;1-2/h1-4,11-12,15-16,19,22,29H,5-10,13-14H2,(H,30,31,33);3-5H2,1-2H3;3-4H,1-2H3;3H2,1-2H3;1-2H3/b;;4-3-;;. The lowest BCUT2D eigenvalue weighted by atomic mass is 9.79. The third-order valence-electron chi connectivity index (χ3n) is 8.93. The number of hydrogen-bond acceptors (Lipinski definition) is 6. The van der Waals surface area contributed by atoms with Crippen molar-refractivity contribution < 1.29 is 26.9 Å². The molecule has 9 nitrogen and oxygen atoms in total. The number of sulfonamides is 1. The molecule has 1 amide bonds. The Hall–Kier alpha value is -3.51. The predicted molar refractivity (Wildman–Crippen MR) is 208 cm³/mol. The average Bonchev–Trinajstić information content (AvgIpc) is 3.56. The van der Waals surface area contributed by atoms with Crippen molar-refractivity contribution in [2.75, 3.05) is 6.54 Å². The molecule has 2 N–H and O–H groups in total. The summed E-state index contributed by atoms with van der Waals surface area (Å²) in [6.45, 7) is 16.8. The summed E-state index contributed by atoms with van der Waals surface area (Å²) < 4.78 is 55.3. The van der Waals surface area contributed by atoms with Crippen LogP contribution in [0.15, 0.2) is 58.4 Å². The summed E-state index contributed by atoms with van der Waals surface area (Å²) >= 11 is 0.